The molecule has 0 unspecified atom stereocenters. The number of anilines is 1. The molecule has 0 spiro atoms. The van der Waals surface area contributed by atoms with E-state index in [9.17, 15) is 22.8 Å². The summed E-state index contributed by atoms with van der Waals surface area (Å²) in [5.74, 6) is -0.462. The van der Waals surface area contributed by atoms with Crippen LogP contribution in [-0.4, -0.2) is 29.5 Å². The number of nitrogens with one attached hydrogen (secondary N) is 2. The van der Waals surface area contributed by atoms with E-state index in [0.717, 1.165) is 17.0 Å². The van der Waals surface area contributed by atoms with Gasteiger partial charge < -0.3 is 5.32 Å². The minimum absolute atomic E-state index is 0.00603. The van der Waals surface area contributed by atoms with Gasteiger partial charge in [0, 0.05) is 6.04 Å². The molecule has 7 nitrogen and oxygen atoms in total. The van der Waals surface area contributed by atoms with Crippen molar-refractivity contribution in [2.75, 3.05) is 11.4 Å². The van der Waals surface area contributed by atoms with Crippen LogP contribution < -0.4 is 15.6 Å². The Bertz CT molecular complexity index is 1180. The lowest BCUT2D eigenvalue weighted by molar-refractivity contribution is -0.137. The number of alkyl halides is 3. The van der Waals surface area contributed by atoms with Gasteiger partial charge >= 0.3 is 12.2 Å². The average molecular weight is 455 g/mol. The summed E-state index contributed by atoms with van der Waals surface area (Å²) in [7, 11) is 0. The fourth-order valence-corrected chi connectivity index (χ4v) is 3.89. The van der Waals surface area contributed by atoms with E-state index in [0.29, 0.717) is 16.8 Å². The second-order valence-corrected chi connectivity index (χ2v) is 8.02. The molecule has 2 heterocycles. The van der Waals surface area contributed by atoms with Crippen molar-refractivity contribution in [3.63, 3.8) is 0 Å². The minimum atomic E-state index is -4.58. The number of urea groups is 1. The maximum atomic E-state index is 13.3. The van der Waals surface area contributed by atoms with Crippen LogP contribution in [0, 0.1) is 11.3 Å². The van der Waals surface area contributed by atoms with Crippen molar-refractivity contribution in [3.8, 4) is 6.07 Å². The molecule has 170 valence electrons. The van der Waals surface area contributed by atoms with Crippen molar-refractivity contribution in [3.05, 3.63) is 76.5 Å². The van der Waals surface area contributed by atoms with Crippen molar-refractivity contribution >= 4 is 17.6 Å². The van der Waals surface area contributed by atoms with Crippen LogP contribution in [0.25, 0.3) is 0 Å². The van der Waals surface area contributed by atoms with E-state index in [-0.39, 0.29) is 23.8 Å². The number of carbonyl (C=O) groups excluding carboxylic acids is 2. The molecular formula is C23H20F3N5O2. The summed E-state index contributed by atoms with van der Waals surface area (Å²) in [5, 5.41) is 13.4. The molecular weight excluding hydrogens is 435 g/mol. The summed E-state index contributed by atoms with van der Waals surface area (Å²) < 4.78 is 39.9. The molecule has 3 amide bonds. The zero-order valence-corrected chi connectivity index (χ0v) is 17.8. The van der Waals surface area contributed by atoms with Crippen molar-refractivity contribution in [1.29, 1.82) is 5.26 Å². The van der Waals surface area contributed by atoms with Gasteiger partial charge in [-0.05, 0) is 49.7 Å². The number of benzene rings is 2. The molecule has 10 heteroatoms. The molecule has 2 aromatic carbocycles. The first kappa shape index (κ1) is 22.4. The number of carbonyl (C=O) groups is 2. The van der Waals surface area contributed by atoms with Crippen LogP contribution in [0.5, 0.6) is 0 Å². The maximum absolute atomic E-state index is 13.3. The van der Waals surface area contributed by atoms with Crippen molar-refractivity contribution in [2.24, 2.45) is 0 Å². The third-order valence-corrected chi connectivity index (χ3v) is 5.58. The van der Waals surface area contributed by atoms with E-state index in [4.69, 9.17) is 5.26 Å². The molecule has 2 aromatic rings. The number of nitriles is 1. The third kappa shape index (κ3) is 4.15. The van der Waals surface area contributed by atoms with Gasteiger partial charge in [0.25, 0.3) is 5.91 Å². The zero-order chi connectivity index (χ0) is 23.9. The molecule has 0 aromatic heterocycles. The zero-order valence-electron chi connectivity index (χ0n) is 17.8. The monoisotopic (exact) mass is 455 g/mol. The van der Waals surface area contributed by atoms with Crippen LogP contribution in [0.3, 0.4) is 0 Å². The van der Waals surface area contributed by atoms with Crippen molar-refractivity contribution in [2.45, 2.75) is 32.1 Å². The van der Waals surface area contributed by atoms with Gasteiger partial charge in [-0.1, -0.05) is 18.2 Å². The summed E-state index contributed by atoms with van der Waals surface area (Å²) in [4.78, 5) is 27.5. The number of hydrogen-bond acceptors (Lipinski definition) is 4. The predicted octanol–water partition coefficient (Wildman–Crippen LogP) is 3.86. The lowest BCUT2D eigenvalue weighted by Crippen LogP contribution is -2.60. The Morgan fingerprint density at radius 2 is 1.82 bits per heavy atom. The van der Waals surface area contributed by atoms with Crippen molar-refractivity contribution < 1.29 is 22.8 Å². The molecule has 1 atom stereocenters. The number of amides is 3. The number of rotatable bonds is 3. The first-order chi connectivity index (χ1) is 15.6. The number of hydrazine groups is 1. The van der Waals surface area contributed by atoms with Crippen molar-refractivity contribution in [1.82, 2.24) is 15.8 Å². The van der Waals surface area contributed by atoms with Crippen LogP contribution in [-0.2, 0) is 11.0 Å². The topological polar surface area (TPSA) is 88.5 Å². The van der Waals surface area contributed by atoms with Gasteiger partial charge in [0.15, 0.2) is 0 Å². The highest BCUT2D eigenvalue weighted by atomic mass is 19.4. The van der Waals surface area contributed by atoms with E-state index >= 15 is 0 Å². The standard InChI is InChI=1S/C23H20F3N5O2/c1-13(2)30-12-18-19(21(32)29-30)20(15-8-6-14(11-27)7-9-15)28-22(33)31(18)17-5-3-4-16(10-17)23(24,25)26/h3-10,13,20H,12H2,1-2H3,(H,28,33)(H,29,32)/t20-/m1/s1. The molecule has 0 saturated heterocycles. The highest BCUT2D eigenvalue weighted by Gasteiger charge is 2.42. The van der Waals surface area contributed by atoms with E-state index < -0.39 is 29.7 Å². The lowest BCUT2D eigenvalue weighted by atomic mass is 9.92. The number of hydrogen-bond donors (Lipinski definition) is 2. The van der Waals surface area contributed by atoms with Crippen LogP contribution in [0.15, 0.2) is 59.8 Å². The molecule has 2 N–H and O–H groups in total. The summed E-state index contributed by atoms with van der Waals surface area (Å²) in [6, 6.07) is 11.3. The maximum Gasteiger partial charge on any atom is 0.416 e. The predicted molar refractivity (Wildman–Crippen MR) is 113 cm³/mol. The highest BCUT2D eigenvalue weighted by molar-refractivity contribution is 6.05. The number of halogens is 3. The molecule has 0 fully saturated rings. The van der Waals surface area contributed by atoms with Crippen LogP contribution in [0.1, 0.15) is 36.6 Å². The Morgan fingerprint density at radius 3 is 2.42 bits per heavy atom. The van der Waals surface area contributed by atoms with Gasteiger partial charge in [0.1, 0.15) is 0 Å². The van der Waals surface area contributed by atoms with Crippen LogP contribution in [0.4, 0.5) is 23.7 Å². The Kier molecular flexibility index (Phi) is 5.59. The smallest absolute Gasteiger partial charge is 0.326 e. The lowest BCUT2D eigenvalue weighted by Gasteiger charge is -2.43. The van der Waals surface area contributed by atoms with Gasteiger partial charge in [-0.25, -0.2) is 9.80 Å². The highest BCUT2D eigenvalue weighted by Crippen LogP contribution is 2.38. The molecule has 2 aliphatic heterocycles. The molecule has 0 aliphatic carbocycles. The van der Waals surface area contributed by atoms with Crippen LogP contribution >= 0.6 is 0 Å². The van der Waals surface area contributed by atoms with E-state index in [1.807, 2.05) is 19.9 Å². The van der Waals surface area contributed by atoms with Gasteiger partial charge in [0.2, 0.25) is 0 Å². The fourth-order valence-electron chi connectivity index (χ4n) is 3.89. The minimum Gasteiger partial charge on any atom is -0.326 e. The molecule has 0 bridgehead atoms. The second kappa shape index (κ2) is 8.26. The summed E-state index contributed by atoms with van der Waals surface area (Å²) >= 11 is 0. The quantitative estimate of drug-likeness (QED) is 0.736. The normalized spacial score (nSPS) is 19.2. The summed E-state index contributed by atoms with van der Waals surface area (Å²) in [6.45, 7) is 3.82. The van der Waals surface area contributed by atoms with Gasteiger partial charge in [-0.3, -0.25) is 15.1 Å². The van der Waals surface area contributed by atoms with E-state index in [1.165, 1.54) is 12.1 Å². The molecule has 4 rings (SSSR count). The third-order valence-electron chi connectivity index (χ3n) is 5.58. The number of nitrogens with zero attached hydrogens (tertiary/aromatic N) is 3. The van der Waals surface area contributed by atoms with E-state index in [1.54, 1.807) is 29.3 Å². The summed E-state index contributed by atoms with van der Waals surface area (Å²) in [6.07, 6.45) is -4.58. The Hall–Kier alpha value is -3.84. The largest absolute Gasteiger partial charge is 0.416 e. The average Bonchev–Trinajstić information content (AvgIpc) is 2.77. The van der Waals surface area contributed by atoms with Gasteiger partial charge in [-0.2, -0.15) is 18.4 Å². The van der Waals surface area contributed by atoms with Gasteiger partial charge in [0.05, 0.1) is 46.7 Å². The Morgan fingerprint density at radius 1 is 1.12 bits per heavy atom. The molecule has 0 radical (unpaired) electrons. The SMILES string of the molecule is CC(C)N1CC2=C(C(=O)N1)[C@@H](c1ccc(C#N)cc1)NC(=O)N2c1cccc(C(F)(F)F)c1. The van der Waals surface area contributed by atoms with E-state index in [2.05, 4.69) is 10.7 Å². The first-order valence-corrected chi connectivity index (χ1v) is 10.2. The van der Waals surface area contributed by atoms with Gasteiger partial charge in [-0.15, -0.1) is 0 Å². The molecule has 0 saturated carbocycles. The first-order valence-electron chi connectivity index (χ1n) is 10.2. The molecule has 2 aliphatic rings. The summed E-state index contributed by atoms with van der Waals surface area (Å²) in [5.41, 5.74) is 3.41. The van der Waals surface area contributed by atoms with Crippen LogP contribution in [0.2, 0.25) is 0 Å². The second-order valence-electron chi connectivity index (χ2n) is 8.02. The Labute approximate surface area is 188 Å². The Balaban J connectivity index is 1.87. The molecule has 33 heavy (non-hydrogen) atoms. The fraction of sp³-hybridized carbons (Fsp3) is 0.261.